The maximum absolute atomic E-state index is 12.1. The molecule has 3 N–H and O–H groups in total. The Hall–Kier alpha value is -3.39. The lowest BCUT2D eigenvalue weighted by atomic mass is 9.90. The molecule has 190 valence electrons. The molecule has 0 saturated carbocycles. The monoisotopic (exact) mass is 490 g/mol. The summed E-state index contributed by atoms with van der Waals surface area (Å²) in [7, 11) is 0. The standard InChI is InChI=1S/C28H34N4O4/c33-26-9-3-21-17-23(6-8-25(21)30-26)36-16-13-29-18-19-11-14-32(15-12-19)22-4-1-20(2-5-22)24-7-10-27(34)31-28(24)35/h1-2,4-6,8,17,19,24,29H,3,7,9-16,18H2,(H,30,33)(H,31,34,35). The Labute approximate surface area is 211 Å². The average molecular weight is 491 g/mol. The maximum Gasteiger partial charge on any atom is 0.234 e. The lowest BCUT2D eigenvalue weighted by Gasteiger charge is -2.34. The van der Waals surface area contributed by atoms with E-state index in [1.165, 1.54) is 5.69 Å². The summed E-state index contributed by atoms with van der Waals surface area (Å²) in [4.78, 5) is 37.4. The molecule has 8 nitrogen and oxygen atoms in total. The van der Waals surface area contributed by atoms with Gasteiger partial charge < -0.3 is 20.3 Å². The number of imide groups is 1. The summed E-state index contributed by atoms with van der Waals surface area (Å²) in [6.07, 6.45) is 4.56. The Morgan fingerprint density at radius 1 is 0.889 bits per heavy atom. The zero-order chi connectivity index (χ0) is 24.9. The predicted molar refractivity (Wildman–Crippen MR) is 138 cm³/mol. The molecule has 2 fully saturated rings. The van der Waals surface area contributed by atoms with Crippen molar-refractivity contribution >= 4 is 29.1 Å². The van der Waals surface area contributed by atoms with Gasteiger partial charge in [0.2, 0.25) is 17.7 Å². The average Bonchev–Trinajstić information content (AvgIpc) is 2.89. The van der Waals surface area contributed by atoms with Crippen LogP contribution in [0.4, 0.5) is 11.4 Å². The summed E-state index contributed by atoms with van der Waals surface area (Å²) in [5.41, 5.74) is 4.20. The molecule has 3 heterocycles. The molecule has 1 atom stereocenters. The fourth-order valence-corrected chi connectivity index (χ4v) is 5.32. The third kappa shape index (κ3) is 5.87. The van der Waals surface area contributed by atoms with Crippen LogP contribution in [0.2, 0.25) is 0 Å². The van der Waals surface area contributed by atoms with Gasteiger partial charge in [0.25, 0.3) is 0 Å². The van der Waals surface area contributed by atoms with E-state index in [0.717, 1.165) is 68.0 Å². The highest BCUT2D eigenvalue weighted by atomic mass is 16.5. The summed E-state index contributed by atoms with van der Waals surface area (Å²) in [6.45, 7) is 4.44. The Kier molecular flexibility index (Phi) is 7.51. The first-order valence-corrected chi connectivity index (χ1v) is 13.0. The van der Waals surface area contributed by atoms with Crippen molar-refractivity contribution in [2.45, 2.75) is 44.4 Å². The van der Waals surface area contributed by atoms with E-state index in [2.05, 4.69) is 33.0 Å². The van der Waals surface area contributed by atoms with Crippen molar-refractivity contribution in [3.05, 3.63) is 53.6 Å². The third-order valence-electron chi connectivity index (χ3n) is 7.47. The maximum atomic E-state index is 12.1. The first kappa shape index (κ1) is 24.3. The second kappa shape index (κ2) is 11.1. The molecule has 2 aromatic rings. The highest BCUT2D eigenvalue weighted by Gasteiger charge is 2.28. The van der Waals surface area contributed by atoms with Crippen LogP contribution in [0.15, 0.2) is 42.5 Å². The van der Waals surface area contributed by atoms with E-state index in [9.17, 15) is 14.4 Å². The predicted octanol–water partition coefficient (Wildman–Crippen LogP) is 2.98. The van der Waals surface area contributed by atoms with Crippen molar-refractivity contribution in [3.63, 3.8) is 0 Å². The number of amides is 3. The SMILES string of the molecule is O=C1CCC(c2ccc(N3CCC(CNCCOc4ccc5c(c4)CCC(=O)N5)CC3)cc2)C(=O)N1. The summed E-state index contributed by atoms with van der Waals surface area (Å²) >= 11 is 0. The Bertz CT molecular complexity index is 1110. The smallest absolute Gasteiger partial charge is 0.234 e. The fraction of sp³-hybridized carbons (Fsp3) is 0.464. The molecular weight excluding hydrogens is 456 g/mol. The van der Waals surface area contributed by atoms with Crippen LogP contribution in [-0.4, -0.2) is 50.5 Å². The summed E-state index contributed by atoms with van der Waals surface area (Å²) in [5, 5.41) is 8.88. The Morgan fingerprint density at radius 2 is 1.67 bits per heavy atom. The molecule has 0 aliphatic carbocycles. The van der Waals surface area contributed by atoms with Crippen LogP contribution in [0.1, 0.15) is 49.1 Å². The number of anilines is 2. The van der Waals surface area contributed by atoms with Crippen molar-refractivity contribution in [2.24, 2.45) is 5.92 Å². The fourth-order valence-electron chi connectivity index (χ4n) is 5.32. The number of carbonyl (C=O) groups is 3. The summed E-state index contributed by atoms with van der Waals surface area (Å²) in [6, 6.07) is 14.1. The van der Waals surface area contributed by atoms with Gasteiger partial charge in [-0.05, 0) is 79.6 Å². The molecule has 3 aliphatic heterocycles. The minimum atomic E-state index is -0.229. The van der Waals surface area contributed by atoms with Crippen molar-refractivity contribution in [1.82, 2.24) is 10.6 Å². The molecule has 36 heavy (non-hydrogen) atoms. The highest BCUT2D eigenvalue weighted by Crippen LogP contribution is 2.29. The number of carbonyl (C=O) groups excluding carboxylic acids is 3. The van der Waals surface area contributed by atoms with Crippen LogP contribution in [0.25, 0.3) is 0 Å². The topological polar surface area (TPSA) is 99.8 Å². The van der Waals surface area contributed by atoms with Gasteiger partial charge in [0.15, 0.2) is 0 Å². The van der Waals surface area contributed by atoms with Crippen molar-refractivity contribution in [3.8, 4) is 5.75 Å². The largest absolute Gasteiger partial charge is 0.492 e. The number of piperidine rings is 2. The number of aryl methyl sites for hydroxylation is 1. The van der Waals surface area contributed by atoms with Crippen LogP contribution in [0.3, 0.4) is 0 Å². The highest BCUT2D eigenvalue weighted by molar-refractivity contribution is 6.01. The van der Waals surface area contributed by atoms with E-state index in [0.29, 0.717) is 31.8 Å². The van der Waals surface area contributed by atoms with Gasteiger partial charge in [0.05, 0.1) is 5.92 Å². The molecule has 5 rings (SSSR count). The number of benzene rings is 2. The zero-order valence-corrected chi connectivity index (χ0v) is 20.6. The van der Waals surface area contributed by atoms with Crippen LogP contribution < -0.4 is 25.6 Å². The second-order valence-electron chi connectivity index (χ2n) is 9.95. The lowest BCUT2D eigenvalue weighted by Crippen LogP contribution is -2.39. The number of nitrogens with zero attached hydrogens (tertiary/aromatic N) is 1. The van der Waals surface area contributed by atoms with Gasteiger partial charge in [-0.3, -0.25) is 19.7 Å². The Morgan fingerprint density at radius 3 is 2.44 bits per heavy atom. The molecule has 3 amide bonds. The molecule has 2 saturated heterocycles. The minimum absolute atomic E-state index is 0.0777. The summed E-state index contributed by atoms with van der Waals surface area (Å²) < 4.78 is 5.90. The van der Waals surface area contributed by atoms with Gasteiger partial charge in [0, 0.05) is 43.9 Å². The van der Waals surface area contributed by atoms with E-state index < -0.39 is 0 Å². The second-order valence-corrected chi connectivity index (χ2v) is 9.95. The Balaban J connectivity index is 1.00. The number of hydrogen-bond acceptors (Lipinski definition) is 6. The van der Waals surface area contributed by atoms with Gasteiger partial charge in [-0.25, -0.2) is 0 Å². The lowest BCUT2D eigenvalue weighted by molar-refractivity contribution is -0.134. The van der Waals surface area contributed by atoms with Crippen LogP contribution in [-0.2, 0) is 20.8 Å². The van der Waals surface area contributed by atoms with E-state index in [-0.39, 0.29) is 23.6 Å². The first-order valence-electron chi connectivity index (χ1n) is 13.0. The van der Waals surface area contributed by atoms with Crippen molar-refractivity contribution in [1.29, 1.82) is 0 Å². The molecule has 0 spiro atoms. The molecule has 1 unspecified atom stereocenters. The van der Waals surface area contributed by atoms with E-state index in [4.69, 9.17) is 4.74 Å². The first-order chi connectivity index (χ1) is 17.5. The number of rotatable bonds is 8. The van der Waals surface area contributed by atoms with Crippen LogP contribution in [0.5, 0.6) is 5.75 Å². The molecule has 0 aromatic heterocycles. The van der Waals surface area contributed by atoms with Gasteiger partial charge in [-0.15, -0.1) is 0 Å². The third-order valence-corrected chi connectivity index (χ3v) is 7.47. The van der Waals surface area contributed by atoms with E-state index in [1.807, 2.05) is 30.3 Å². The van der Waals surface area contributed by atoms with Gasteiger partial charge in [-0.1, -0.05) is 12.1 Å². The van der Waals surface area contributed by atoms with Crippen LogP contribution in [0, 0.1) is 5.92 Å². The number of hydrogen-bond donors (Lipinski definition) is 3. The molecule has 2 aromatic carbocycles. The van der Waals surface area contributed by atoms with E-state index in [1.54, 1.807) is 0 Å². The number of fused-ring (bicyclic) bond motifs is 1. The number of ether oxygens (including phenoxy) is 1. The van der Waals surface area contributed by atoms with Crippen molar-refractivity contribution in [2.75, 3.05) is 43.0 Å². The summed E-state index contributed by atoms with van der Waals surface area (Å²) in [5.74, 6) is 0.987. The van der Waals surface area contributed by atoms with Crippen LogP contribution >= 0.6 is 0 Å². The van der Waals surface area contributed by atoms with Crippen molar-refractivity contribution < 1.29 is 19.1 Å². The molecule has 0 bridgehead atoms. The number of nitrogens with one attached hydrogen (secondary N) is 3. The minimum Gasteiger partial charge on any atom is -0.492 e. The van der Waals surface area contributed by atoms with Gasteiger partial charge in [-0.2, -0.15) is 0 Å². The zero-order valence-electron chi connectivity index (χ0n) is 20.6. The molecule has 0 radical (unpaired) electrons. The van der Waals surface area contributed by atoms with Gasteiger partial charge >= 0.3 is 0 Å². The van der Waals surface area contributed by atoms with E-state index >= 15 is 0 Å². The van der Waals surface area contributed by atoms with Gasteiger partial charge in [0.1, 0.15) is 12.4 Å². The molecule has 8 heteroatoms. The normalized spacial score (nSPS) is 20.5. The quantitative estimate of drug-likeness (QED) is 0.389. The molecular formula is C28H34N4O4. The molecule has 3 aliphatic rings.